The number of carbonyl (C=O) groups is 4. The first-order valence-electron chi connectivity index (χ1n) is 8.41. The number of anilines is 1. The van der Waals surface area contributed by atoms with Gasteiger partial charge in [-0.2, -0.15) is 0 Å². The summed E-state index contributed by atoms with van der Waals surface area (Å²) >= 11 is 0. The predicted molar refractivity (Wildman–Crippen MR) is 96.2 cm³/mol. The Morgan fingerprint density at radius 3 is 2.54 bits per heavy atom. The van der Waals surface area contributed by atoms with Crippen LogP contribution in [0.1, 0.15) is 27.2 Å². The number of benzene rings is 1. The number of urea groups is 1. The van der Waals surface area contributed by atoms with E-state index in [0.717, 1.165) is 4.90 Å². The average Bonchev–Trinajstić information content (AvgIpc) is 2.80. The fourth-order valence-electron chi connectivity index (χ4n) is 2.51. The molecule has 0 radical (unpaired) electrons. The summed E-state index contributed by atoms with van der Waals surface area (Å²) in [6.07, 6.45) is -1.52. The predicted octanol–water partition coefficient (Wildman–Crippen LogP) is 1.19. The van der Waals surface area contributed by atoms with Crippen LogP contribution >= 0.6 is 0 Å². The number of hydrogen-bond donors (Lipinski definition) is 2. The molecule has 4 amide bonds. The van der Waals surface area contributed by atoms with Crippen LogP contribution in [-0.4, -0.2) is 51.8 Å². The first-order valence-corrected chi connectivity index (χ1v) is 8.41. The number of hydrogen-bond acceptors (Lipinski definition) is 7. The molecule has 1 heterocycles. The number of amides is 4. The van der Waals surface area contributed by atoms with Crippen molar-refractivity contribution in [1.82, 2.24) is 10.2 Å². The van der Waals surface area contributed by atoms with Crippen LogP contribution in [0.2, 0.25) is 0 Å². The van der Waals surface area contributed by atoms with E-state index in [9.17, 15) is 29.3 Å². The molecular weight excluding hydrogens is 372 g/mol. The quantitative estimate of drug-likeness (QED) is 0.306. The fraction of sp³-hybridized carbons (Fsp3) is 0.412. The molecular formula is C17H20N4O7. The van der Waals surface area contributed by atoms with Gasteiger partial charge in [-0.25, -0.2) is 4.79 Å². The van der Waals surface area contributed by atoms with E-state index in [1.807, 2.05) is 0 Å². The molecule has 0 bridgehead atoms. The number of nitrogens with one attached hydrogen (secondary N) is 2. The number of imide groups is 1. The molecule has 1 atom stereocenters. The second kappa shape index (κ2) is 8.03. The summed E-state index contributed by atoms with van der Waals surface area (Å²) in [4.78, 5) is 59.1. The molecule has 2 rings (SSSR count). The summed E-state index contributed by atoms with van der Waals surface area (Å²) in [7, 11) is 0. The van der Waals surface area contributed by atoms with Crippen LogP contribution in [0.4, 0.5) is 16.2 Å². The van der Waals surface area contributed by atoms with Gasteiger partial charge in [-0.3, -0.25) is 29.4 Å². The molecule has 0 saturated carbocycles. The number of nitrogens with zero attached hydrogens (tertiary/aromatic N) is 2. The molecule has 11 heteroatoms. The van der Waals surface area contributed by atoms with Crippen molar-refractivity contribution < 1.29 is 28.8 Å². The van der Waals surface area contributed by atoms with Crippen LogP contribution < -0.4 is 10.6 Å². The van der Waals surface area contributed by atoms with Gasteiger partial charge in [-0.15, -0.1) is 0 Å². The van der Waals surface area contributed by atoms with Crippen molar-refractivity contribution in [3.8, 4) is 0 Å². The Labute approximate surface area is 160 Å². The first-order chi connectivity index (χ1) is 13.0. The molecule has 1 aromatic rings. The minimum Gasteiger partial charge on any atom is -0.452 e. The molecule has 1 aliphatic heterocycles. The van der Waals surface area contributed by atoms with Crippen molar-refractivity contribution in [2.75, 3.05) is 11.9 Å². The Kier molecular flexibility index (Phi) is 5.96. The van der Waals surface area contributed by atoms with Crippen LogP contribution in [-0.2, 0) is 19.1 Å². The van der Waals surface area contributed by atoms with E-state index >= 15 is 0 Å². The highest BCUT2D eigenvalue weighted by atomic mass is 16.6. The van der Waals surface area contributed by atoms with Crippen molar-refractivity contribution in [1.29, 1.82) is 0 Å². The third-order valence-corrected chi connectivity index (χ3v) is 4.02. The Morgan fingerprint density at radius 1 is 1.32 bits per heavy atom. The highest BCUT2D eigenvalue weighted by Gasteiger charge is 2.44. The summed E-state index contributed by atoms with van der Waals surface area (Å²) < 4.78 is 4.98. The number of nitro benzene ring substituents is 1. The average molecular weight is 392 g/mol. The lowest BCUT2D eigenvalue weighted by Gasteiger charge is -2.17. The maximum absolute atomic E-state index is 12.1. The standard InChI is InChI=1S/C17H20N4O7/c1-10(14(23)18-11-6-4-5-7-12(11)21(26)27)28-13(22)8-9-20-15(24)17(2,3)19-16(20)25/h4-7,10H,8-9H2,1-3H3,(H,18,23)(H,19,25). The second-order valence-electron chi connectivity index (χ2n) is 6.66. The van der Waals surface area contributed by atoms with Gasteiger partial charge >= 0.3 is 12.0 Å². The lowest BCUT2D eigenvalue weighted by atomic mass is 10.1. The van der Waals surface area contributed by atoms with E-state index in [0.29, 0.717) is 0 Å². The maximum Gasteiger partial charge on any atom is 0.325 e. The van der Waals surface area contributed by atoms with Gasteiger partial charge in [0, 0.05) is 12.6 Å². The van der Waals surface area contributed by atoms with Gasteiger partial charge in [-0.05, 0) is 26.8 Å². The number of carbonyl (C=O) groups excluding carboxylic acids is 4. The van der Waals surface area contributed by atoms with E-state index in [1.165, 1.54) is 31.2 Å². The number of nitro groups is 1. The third kappa shape index (κ3) is 4.61. The van der Waals surface area contributed by atoms with Crippen LogP contribution in [0.15, 0.2) is 24.3 Å². The Bertz CT molecular complexity index is 837. The normalized spacial score (nSPS) is 16.3. The fourth-order valence-corrected chi connectivity index (χ4v) is 2.51. The summed E-state index contributed by atoms with van der Waals surface area (Å²) in [5, 5.41) is 15.8. The maximum atomic E-state index is 12.1. The molecule has 1 aliphatic rings. The van der Waals surface area contributed by atoms with Crippen molar-refractivity contribution >= 4 is 35.2 Å². The first kappa shape index (κ1) is 20.8. The van der Waals surface area contributed by atoms with Gasteiger partial charge in [0.1, 0.15) is 11.2 Å². The van der Waals surface area contributed by atoms with E-state index in [4.69, 9.17) is 4.74 Å². The van der Waals surface area contributed by atoms with E-state index in [2.05, 4.69) is 10.6 Å². The minimum absolute atomic E-state index is 0.0260. The van der Waals surface area contributed by atoms with Crippen molar-refractivity contribution in [3.63, 3.8) is 0 Å². The zero-order valence-corrected chi connectivity index (χ0v) is 15.6. The van der Waals surface area contributed by atoms with E-state index in [-0.39, 0.29) is 24.3 Å². The topological polar surface area (TPSA) is 148 Å². The number of ether oxygens (including phenoxy) is 1. The van der Waals surface area contributed by atoms with Gasteiger partial charge in [0.2, 0.25) is 0 Å². The highest BCUT2D eigenvalue weighted by Crippen LogP contribution is 2.23. The monoisotopic (exact) mass is 392 g/mol. The number of rotatable bonds is 7. The van der Waals surface area contributed by atoms with Gasteiger partial charge in [-0.1, -0.05) is 12.1 Å². The van der Waals surface area contributed by atoms with Crippen LogP contribution in [0.25, 0.3) is 0 Å². The van der Waals surface area contributed by atoms with Gasteiger partial charge < -0.3 is 15.4 Å². The second-order valence-corrected chi connectivity index (χ2v) is 6.66. The summed E-state index contributed by atoms with van der Waals surface area (Å²) in [6.45, 7) is 4.20. The summed E-state index contributed by atoms with van der Waals surface area (Å²) in [5.74, 6) is -2.01. The third-order valence-electron chi connectivity index (χ3n) is 4.02. The SMILES string of the molecule is CC(OC(=O)CCN1C(=O)NC(C)(C)C1=O)C(=O)Nc1ccccc1[N+](=O)[O-]. The largest absolute Gasteiger partial charge is 0.452 e. The van der Waals surface area contributed by atoms with Crippen LogP contribution in [0, 0.1) is 10.1 Å². The molecule has 28 heavy (non-hydrogen) atoms. The van der Waals surface area contributed by atoms with Crippen molar-refractivity contribution in [3.05, 3.63) is 34.4 Å². The molecule has 1 fully saturated rings. The number of esters is 1. The highest BCUT2D eigenvalue weighted by molar-refractivity contribution is 6.06. The summed E-state index contributed by atoms with van der Waals surface area (Å²) in [6, 6.07) is 4.94. The molecule has 1 aromatic carbocycles. The molecule has 0 aliphatic carbocycles. The molecule has 150 valence electrons. The lowest BCUT2D eigenvalue weighted by molar-refractivity contribution is -0.383. The smallest absolute Gasteiger partial charge is 0.325 e. The summed E-state index contributed by atoms with van der Waals surface area (Å²) in [5.41, 5.74) is -1.36. The Morgan fingerprint density at radius 2 is 1.96 bits per heavy atom. The van der Waals surface area contributed by atoms with Gasteiger partial charge in [0.25, 0.3) is 17.5 Å². The molecule has 11 nitrogen and oxygen atoms in total. The molecule has 0 spiro atoms. The van der Waals surface area contributed by atoms with Crippen LogP contribution in [0.3, 0.4) is 0 Å². The zero-order chi connectivity index (χ0) is 21.1. The Hall–Kier alpha value is -3.50. The number of para-hydroxylation sites is 2. The minimum atomic E-state index is -1.23. The zero-order valence-electron chi connectivity index (χ0n) is 15.6. The van der Waals surface area contributed by atoms with Crippen molar-refractivity contribution in [2.24, 2.45) is 0 Å². The van der Waals surface area contributed by atoms with Gasteiger partial charge in [0.05, 0.1) is 11.3 Å². The molecule has 2 N–H and O–H groups in total. The van der Waals surface area contributed by atoms with Crippen molar-refractivity contribution in [2.45, 2.75) is 38.8 Å². The van der Waals surface area contributed by atoms with E-state index in [1.54, 1.807) is 13.8 Å². The molecule has 1 saturated heterocycles. The van der Waals surface area contributed by atoms with E-state index < -0.39 is 40.4 Å². The Balaban J connectivity index is 1.89. The van der Waals surface area contributed by atoms with Crippen LogP contribution in [0.5, 0.6) is 0 Å². The molecule has 0 aromatic heterocycles. The lowest BCUT2D eigenvalue weighted by Crippen LogP contribution is -2.40. The van der Waals surface area contributed by atoms with Gasteiger partial charge in [0.15, 0.2) is 6.10 Å². The molecule has 1 unspecified atom stereocenters.